The maximum absolute atomic E-state index is 3.40. The topological polar surface area (TPSA) is 15.3 Å². The molecule has 0 amide bonds. The average Bonchev–Trinajstić information content (AvgIpc) is 2.73. The van der Waals surface area contributed by atoms with Gasteiger partial charge in [0, 0.05) is 6.04 Å². The second kappa shape index (κ2) is 6.73. The predicted octanol–water partition coefficient (Wildman–Crippen LogP) is 3.60. The van der Waals surface area contributed by atoms with Crippen LogP contribution in [0.3, 0.4) is 0 Å². The molecule has 0 spiro atoms. The normalized spacial score (nSPS) is 23.4. The number of aryl methyl sites for hydroxylation is 3. The van der Waals surface area contributed by atoms with Crippen LogP contribution >= 0.6 is 0 Å². The van der Waals surface area contributed by atoms with Gasteiger partial charge in [0.2, 0.25) is 0 Å². The Hall–Kier alpha value is -0.860. The van der Waals surface area contributed by atoms with Crippen LogP contribution in [0.2, 0.25) is 0 Å². The zero-order valence-corrected chi connectivity index (χ0v) is 13.8. The van der Waals surface area contributed by atoms with Crippen LogP contribution in [0.4, 0.5) is 0 Å². The van der Waals surface area contributed by atoms with Crippen molar-refractivity contribution in [2.45, 2.75) is 46.6 Å². The van der Waals surface area contributed by atoms with Gasteiger partial charge in [-0.2, -0.15) is 0 Å². The number of likely N-dealkylation sites (tertiary alicyclic amines) is 1. The van der Waals surface area contributed by atoms with E-state index in [1.165, 1.54) is 42.6 Å². The highest BCUT2D eigenvalue weighted by molar-refractivity contribution is 5.40. The highest BCUT2D eigenvalue weighted by atomic mass is 15.2. The maximum atomic E-state index is 3.40. The predicted molar refractivity (Wildman–Crippen MR) is 87.3 cm³/mol. The summed E-state index contributed by atoms with van der Waals surface area (Å²) in [5, 5.41) is 3.40. The standard InChI is InChI=1S/C18H30N2/c1-6-8-20-9-7-16(12-19-5)18(20)17-14(3)10-13(2)11-15(17)4/h10-11,16,18-19H,6-9,12H2,1-5H3. The van der Waals surface area contributed by atoms with Crippen LogP contribution in [0, 0.1) is 26.7 Å². The molecule has 2 rings (SSSR count). The summed E-state index contributed by atoms with van der Waals surface area (Å²) in [7, 11) is 2.08. The molecule has 1 N–H and O–H groups in total. The Morgan fingerprint density at radius 3 is 2.40 bits per heavy atom. The minimum atomic E-state index is 0.600. The van der Waals surface area contributed by atoms with Gasteiger partial charge in [-0.1, -0.05) is 24.6 Å². The largest absolute Gasteiger partial charge is 0.319 e. The molecule has 1 aromatic rings. The van der Waals surface area contributed by atoms with Crippen molar-refractivity contribution in [3.8, 4) is 0 Å². The van der Waals surface area contributed by atoms with Crippen LogP contribution in [0.5, 0.6) is 0 Å². The fourth-order valence-electron chi connectivity index (χ4n) is 4.02. The number of nitrogens with zero attached hydrogens (tertiary/aromatic N) is 1. The summed E-state index contributed by atoms with van der Waals surface area (Å²) >= 11 is 0. The Morgan fingerprint density at radius 1 is 1.20 bits per heavy atom. The molecule has 0 aliphatic carbocycles. The van der Waals surface area contributed by atoms with Crippen LogP contribution in [0.25, 0.3) is 0 Å². The van der Waals surface area contributed by atoms with E-state index >= 15 is 0 Å². The van der Waals surface area contributed by atoms with Crippen molar-refractivity contribution in [2.75, 3.05) is 26.7 Å². The second-order valence-corrected chi connectivity index (χ2v) is 6.40. The van der Waals surface area contributed by atoms with Crippen LogP contribution in [-0.2, 0) is 0 Å². The van der Waals surface area contributed by atoms with Crippen LogP contribution in [0.15, 0.2) is 12.1 Å². The third-order valence-corrected chi connectivity index (χ3v) is 4.64. The Balaban J connectivity index is 2.39. The summed E-state index contributed by atoms with van der Waals surface area (Å²) in [5.41, 5.74) is 5.91. The first-order valence-electron chi connectivity index (χ1n) is 8.04. The molecule has 0 radical (unpaired) electrons. The van der Waals surface area contributed by atoms with Gasteiger partial charge in [-0.15, -0.1) is 0 Å². The van der Waals surface area contributed by atoms with Crippen molar-refractivity contribution in [1.82, 2.24) is 10.2 Å². The smallest absolute Gasteiger partial charge is 0.0394 e. The van der Waals surface area contributed by atoms with E-state index in [1.807, 2.05) is 0 Å². The summed E-state index contributed by atoms with van der Waals surface area (Å²) in [6.45, 7) is 12.7. The van der Waals surface area contributed by atoms with E-state index < -0.39 is 0 Å². The summed E-state index contributed by atoms with van der Waals surface area (Å²) in [5.74, 6) is 0.742. The lowest BCUT2D eigenvalue weighted by Gasteiger charge is -2.31. The molecule has 1 aromatic carbocycles. The molecule has 0 saturated carbocycles. The number of hydrogen-bond donors (Lipinski definition) is 1. The van der Waals surface area contributed by atoms with Crippen LogP contribution in [-0.4, -0.2) is 31.6 Å². The highest BCUT2D eigenvalue weighted by Gasteiger charge is 2.35. The molecule has 0 aromatic heterocycles. The quantitative estimate of drug-likeness (QED) is 0.882. The van der Waals surface area contributed by atoms with Crippen molar-refractivity contribution in [3.63, 3.8) is 0 Å². The van der Waals surface area contributed by atoms with Gasteiger partial charge in [0.25, 0.3) is 0 Å². The molecular weight excluding hydrogens is 244 g/mol. The van der Waals surface area contributed by atoms with Gasteiger partial charge in [-0.05, 0) is 82.9 Å². The molecule has 2 heteroatoms. The van der Waals surface area contributed by atoms with Gasteiger partial charge in [0.15, 0.2) is 0 Å². The summed E-state index contributed by atoms with van der Waals surface area (Å²) in [6, 6.07) is 5.30. The highest BCUT2D eigenvalue weighted by Crippen LogP contribution is 2.40. The van der Waals surface area contributed by atoms with E-state index in [4.69, 9.17) is 0 Å². The summed E-state index contributed by atoms with van der Waals surface area (Å²) < 4.78 is 0. The lowest BCUT2D eigenvalue weighted by Crippen LogP contribution is -2.31. The van der Waals surface area contributed by atoms with Gasteiger partial charge >= 0.3 is 0 Å². The van der Waals surface area contributed by atoms with E-state index in [-0.39, 0.29) is 0 Å². The van der Waals surface area contributed by atoms with E-state index in [9.17, 15) is 0 Å². The SMILES string of the molecule is CCCN1CCC(CNC)C1c1c(C)cc(C)cc1C. The molecule has 2 atom stereocenters. The van der Waals surface area contributed by atoms with Gasteiger partial charge < -0.3 is 5.32 Å². The number of benzene rings is 1. The average molecular weight is 274 g/mol. The van der Waals surface area contributed by atoms with Crippen LogP contribution < -0.4 is 5.32 Å². The van der Waals surface area contributed by atoms with Crippen molar-refractivity contribution in [1.29, 1.82) is 0 Å². The third-order valence-electron chi connectivity index (χ3n) is 4.64. The monoisotopic (exact) mass is 274 g/mol. The van der Waals surface area contributed by atoms with Crippen molar-refractivity contribution >= 4 is 0 Å². The van der Waals surface area contributed by atoms with E-state index in [2.05, 4.69) is 57.1 Å². The van der Waals surface area contributed by atoms with Crippen molar-refractivity contribution in [3.05, 3.63) is 34.4 Å². The van der Waals surface area contributed by atoms with Gasteiger partial charge in [-0.3, -0.25) is 4.90 Å². The van der Waals surface area contributed by atoms with E-state index in [0.717, 1.165) is 12.5 Å². The molecule has 2 nitrogen and oxygen atoms in total. The summed E-state index contributed by atoms with van der Waals surface area (Å²) in [4.78, 5) is 2.70. The molecule has 20 heavy (non-hydrogen) atoms. The third kappa shape index (κ3) is 3.07. The minimum Gasteiger partial charge on any atom is -0.319 e. The zero-order chi connectivity index (χ0) is 14.7. The lowest BCUT2D eigenvalue weighted by atomic mass is 9.87. The fraction of sp³-hybridized carbons (Fsp3) is 0.667. The molecular formula is C18H30N2. The fourth-order valence-corrected chi connectivity index (χ4v) is 4.02. The van der Waals surface area contributed by atoms with Crippen molar-refractivity contribution in [2.24, 2.45) is 5.92 Å². The minimum absolute atomic E-state index is 0.600. The Kier molecular flexibility index (Phi) is 5.22. The zero-order valence-electron chi connectivity index (χ0n) is 13.8. The molecule has 1 saturated heterocycles. The van der Waals surface area contributed by atoms with E-state index in [0.29, 0.717) is 6.04 Å². The molecule has 1 heterocycles. The molecule has 0 bridgehead atoms. The molecule has 1 fully saturated rings. The summed E-state index contributed by atoms with van der Waals surface area (Å²) in [6.07, 6.45) is 2.56. The van der Waals surface area contributed by atoms with Gasteiger partial charge in [0.1, 0.15) is 0 Å². The Bertz CT molecular complexity index is 416. The first-order chi connectivity index (χ1) is 9.58. The lowest BCUT2D eigenvalue weighted by molar-refractivity contribution is 0.226. The Morgan fingerprint density at radius 2 is 1.85 bits per heavy atom. The number of hydrogen-bond acceptors (Lipinski definition) is 2. The van der Waals surface area contributed by atoms with E-state index in [1.54, 1.807) is 5.56 Å². The van der Waals surface area contributed by atoms with Gasteiger partial charge in [-0.25, -0.2) is 0 Å². The Labute approximate surface area is 124 Å². The second-order valence-electron chi connectivity index (χ2n) is 6.40. The van der Waals surface area contributed by atoms with Crippen molar-refractivity contribution < 1.29 is 0 Å². The maximum Gasteiger partial charge on any atom is 0.0394 e. The number of rotatable bonds is 5. The molecule has 2 unspecified atom stereocenters. The number of nitrogens with one attached hydrogen (secondary N) is 1. The van der Waals surface area contributed by atoms with Crippen LogP contribution in [0.1, 0.15) is 48.1 Å². The molecule has 1 aliphatic rings. The molecule has 1 aliphatic heterocycles. The van der Waals surface area contributed by atoms with Gasteiger partial charge in [0.05, 0.1) is 0 Å². The molecule has 112 valence electrons. The first kappa shape index (κ1) is 15.5. The first-order valence-corrected chi connectivity index (χ1v) is 8.04.